The first kappa shape index (κ1) is 12.8. The first-order valence-corrected chi connectivity index (χ1v) is 6.62. The fourth-order valence-corrected chi connectivity index (χ4v) is 2.67. The van der Waals surface area contributed by atoms with Crippen molar-refractivity contribution in [3.63, 3.8) is 0 Å². The molecule has 0 spiro atoms. The molecule has 0 aliphatic carbocycles. The van der Waals surface area contributed by atoms with Crippen LogP contribution in [0.2, 0.25) is 0 Å². The van der Waals surface area contributed by atoms with Crippen molar-refractivity contribution in [1.29, 1.82) is 0 Å². The number of hydrogen-bond acceptors (Lipinski definition) is 3. The van der Waals surface area contributed by atoms with Gasteiger partial charge in [-0.3, -0.25) is 4.79 Å². The standard InChI is InChI=1S/C14H16N2OS/c1-10-7-8-18-14(10)16(2)13(17)12-5-3-11(9-15)4-6-12/h3-8H,9,15H2,1-2H3. The van der Waals surface area contributed by atoms with Crippen LogP contribution in [0.5, 0.6) is 0 Å². The van der Waals surface area contributed by atoms with E-state index in [0.717, 1.165) is 16.1 Å². The van der Waals surface area contributed by atoms with Crippen LogP contribution in [0.3, 0.4) is 0 Å². The highest BCUT2D eigenvalue weighted by Gasteiger charge is 2.15. The van der Waals surface area contributed by atoms with Gasteiger partial charge in [0.2, 0.25) is 0 Å². The molecule has 2 rings (SSSR count). The van der Waals surface area contributed by atoms with Gasteiger partial charge in [0, 0.05) is 19.2 Å². The average molecular weight is 260 g/mol. The van der Waals surface area contributed by atoms with Crippen LogP contribution in [0.1, 0.15) is 21.5 Å². The van der Waals surface area contributed by atoms with Gasteiger partial charge in [-0.1, -0.05) is 12.1 Å². The second kappa shape index (κ2) is 5.33. The molecule has 0 bridgehead atoms. The average Bonchev–Trinajstić information content (AvgIpc) is 2.83. The van der Waals surface area contributed by atoms with Crippen molar-refractivity contribution < 1.29 is 4.79 Å². The third-order valence-electron chi connectivity index (χ3n) is 2.88. The van der Waals surface area contributed by atoms with E-state index >= 15 is 0 Å². The largest absolute Gasteiger partial charge is 0.326 e. The number of nitrogens with zero attached hydrogens (tertiary/aromatic N) is 1. The fourth-order valence-electron chi connectivity index (χ4n) is 1.78. The van der Waals surface area contributed by atoms with E-state index in [0.29, 0.717) is 12.1 Å². The molecular weight excluding hydrogens is 244 g/mol. The SMILES string of the molecule is Cc1ccsc1N(C)C(=O)c1ccc(CN)cc1. The van der Waals surface area contributed by atoms with Gasteiger partial charge in [0.15, 0.2) is 0 Å². The molecule has 0 fully saturated rings. The van der Waals surface area contributed by atoms with E-state index in [1.54, 1.807) is 23.3 Å². The Labute approximate surface area is 111 Å². The van der Waals surface area contributed by atoms with E-state index in [9.17, 15) is 4.79 Å². The number of benzene rings is 1. The van der Waals surface area contributed by atoms with Crippen molar-refractivity contribution in [2.24, 2.45) is 5.73 Å². The summed E-state index contributed by atoms with van der Waals surface area (Å²) in [5, 5.41) is 2.98. The van der Waals surface area contributed by atoms with Crippen LogP contribution in [-0.2, 0) is 6.54 Å². The number of carbonyl (C=O) groups is 1. The van der Waals surface area contributed by atoms with Gasteiger partial charge in [-0.05, 0) is 41.6 Å². The van der Waals surface area contributed by atoms with Gasteiger partial charge in [0.25, 0.3) is 5.91 Å². The second-order valence-corrected chi connectivity index (χ2v) is 5.07. The summed E-state index contributed by atoms with van der Waals surface area (Å²) in [6, 6.07) is 9.44. The zero-order valence-corrected chi connectivity index (χ0v) is 11.3. The van der Waals surface area contributed by atoms with Gasteiger partial charge in [0.1, 0.15) is 5.00 Å². The van der Waals surface area contributed by atoms with Crippen LogP contribution >= 0.6 is 11.3 Å². The number of carbonyl (C=O) groups excluding carboxylic acids is 1. The van der Waals surface area contributed by atoms with E-state index in [1.165, 1.54) is 0 Å². The highest BCUT2D eigenvalue weighted by molar-refractivity contribution is 7.14. The first-order valence-electron chi connectivity index (χ1n) is 5.74. The minimum absolute atomic E-state index is 0.00382. The molecule has 0 aliphatic heterocycles. The van der Waals surface area contributed by atoms with E-state index in [-0.39, 0.29) is 5.91 Å². The second-order valence-electron chi connectivity index (χ2n) is 4.17. The van der Waals surface area contributed by atoms with Gasteiger partial charge in [-0.25, -0.2) is 0 Å². The molecule has 1 aromatic heterocycles. The Morgan fingerprint density at radius 3 is 2.44 bits per heavy atom. The summed E-state index contributed by atoms with van der Waals surface area (Å²) in [5.74, 6) is 0.00382. The van der Waals surface area contributed by atoms with Crippen LogP contribution in [-0.4, -0.2) is 13.0 Å². The summed E-state index contributed by atoms with van der Waals surface area (Å²) < 4.78 is 0. The summed E-state index contributed by atoms with van der Waals surface area (Å²) in [4.78, 5) is 14.0. The highest BCUT2D eigenvalue weighted by atomic mass is 32.1. The predicted molar refractivity (Wildman–Crippen MR) is 76.1 cm³/mol. The minimum atomic E-state index is 0.00382. The van der Waals surface area contributed by atoms with Crippen LogP contribution in [0.4, 0.5) is 5.00 Å². The number of aryl methyl sites for hydroxylation is 1. The van der Waals surface area contributed by atoms with Crippen molar-refractivity contribution in [3.05, 3.63) is 52.4 Å². The molecule has 0 saturated carbocycles. The Balaban J connectivity index is 2.23. The lowest BCUT2D eigenvalue weighted by Gasteiger charge is -2.16. The third kappa shape index (κ3) is 2.44. The lowest BCUT2D eigenvalue weighted by atomic mass is 10.1. The molecule has 2 aromatic rings. The van der Waals surface area contributed by atoms with Gasteiger partial charge >= 0.3 is 0 Å². The molecule has 0 saturated heterocycles. The quantitative estimate of drug-likeness (QED) is 0.922. The van der Waals surface area contributed by atoms with Crippen LogP contribution in [0.25, 0.3) is 0 Å². The number of hydrogen-bond donors (Lipinski definition) is 1. The van der Waals surface area contributed by atoms with Crippen molar-refractivity contribution in [2.45, 2.75) is 13.5 Å². The number of amides is 1. The Kier molecular flexibility index (Phi) is 3.79. The normalized spacial score (nSPS) is 10.4. The summed E-state index contributed by atoms with van der Waals surface area (Å²) in [6.07, 6.45) is 0. The Bertz CT molecular complexity index is 545. The molecule has 1 heterocycles. The molecule has 0 atom stereocenters. The number of thiophene rings is 1. The first-order chi connectivity index (χ1) is 8.63. The van der Waals surface area contributed by atoms with E-state index in [1.807, 2.05) is 42.6 Å². The molecule has 0 aliphatic rings. The lowest BCUT2D eigenvalue weighted by Crippen LogP contribution is -2.25. The number of nitrogens with two attached hydrogens (primary N) is 1. The van der Waals surface area contributed by atoms with Gasteiger partial charge in [-0.15, -0.1) is 11.3 Å². The zero-order valence-electron chi connectivity index (χ0n) is 10.5. The topological polar surface area (TPSA) is 46.3 Å². The van der Waals surface area contributed by atoms with Gasteiger partial charge in [-0.2, -0.15) is 0 Å². The van der Waals surface area contributed by atoms with E-state index in [2.05, 4.69) is 0 Å². The Hall–Kier alpha value is -1.65. The Morgan fingerprint density at radius 2 is 1.94 bits per heavy atom. The van der Waals surface area contributed by atoms with Gasteiger partial charge in [0.05, 0.1) is 0 Å². The maximum atomic E-state index is 12.3. The molecule has 94 valence electrons. The lowest BCUT2D eigenvalue weighted by molar-refractivity contribution is 0.0993. The van der Waals surface area contributed by atoms with Crippen LogP contribution < -0.4 is 10.6 Å². The van der Waals surface area contributed by atoms with E-state index in [4.69, 9.17) is 5.73 Å². The van der Waals surface area contributed by atoms with E-state index < -0.39 is 0 Å². The van der Waals surface area contributed by atoms with Crippen molar-refractivity contribution in [2.75, 3.05) is 11.9 Å². The molecule has 0 radical (unpaired) electrons. The molecule has 4 heteroatoms. The van der Waals surface area contributed by atoms with Gasteiger partial charge < -0.3 is 10.6 Å². The van der Waals surface area contributed by atoms with Crippen LogP contribution in [0, 0.1) is 6.92 Å². The van der Waals surface area contributed by atoms with Crippen LogP contribution in [0.15, 0.2) is 35.7 Å². The predicted octanol–water partition coefficient (Wildman–Crippen LogP) is 2.79. The number of anilines is 1. The molecule has 0 unspecified atom stereocenters. The number of rotatable bonds is 3. The molecule has 3 nitrogen and oxygen atoms in total. The monoisotopic (exact) mass is 260 g/mol. The molecule has 2 N–H and O–H groups in total. The zero-order chi connectivity index (χ0) is 13.1. The molecule has 1 aromatic carbocycles. The third-order valence-corrected chi connectivity index (χ3v) is 3.97. The molecule has 1 amide bonds. The summed E-state index contributed by atoms with van der Waals surface area (Å²) in [5.41, 5.74) is 8.37. The van der Waals surface area contributed by atoms with Crippen molar-refractivity contribution >= 4 is 22.2 Å². The van der Waals surface area contributed by atoms with Crippen molar-refractivity contribution in [1.82, 2.24) is 0 Å². The maximum Gasteiger partial charge on any atom is 0.258 e. The Morgan fingerprint density at radius 1 is 1.28 bits per heavy atom. The highest BCUT2D eigenvalue weighted by Crippen LogP contribution is 2.26. The summed E-state index contributed by atoms with van der Waals surface area (Å²) in [6.45, 7) is 2.50. The van der Waals surface area contributed by atoms with Crippen molar-refractivity contribution in [3.8, 4) is 0 Å². The molecule has 18 heavy (non-hydrogen) atoms. The summed E-state index contributed by atoms with van der Waals surface area (Å²) in [7, 11) is 1.80. The maximum absolute atomic E-state index is 12.3. The minimum Gasteiger partial charge on any atom is -0.326 e. The fraction of sp³-hybridized carbons (Fsp3) is 0.214. The smallest absolute Gasteiger partial charge is 0.258 e. The molecular formula is C14H16N2OS. The summed E-state index contributed by atoms with van der Waals surface area (Å²) >= 11 is 1.57.